The highest BCUT2D eigenvalue weighted by Gasteiger charge is 2.31. The maximum absolute atomic E-state index is 11.0. The van der Waals surface area contributed by atoms with Crippen molar-refractivity contribution in [2.24, 2.45) is 0 Å². The lowest BCUT2D eigenvalue weighted by atomic mass is 10.3. The summed E-state index contributed by atoms with van der Waals surface area (Å²) < 4.78 is 12.1. The van der Waals surface area contributed by atoms with Gasteiger partial charge in [0.25, 0.3) is 0 Å². The topological polar surface area (TPSA) is 60.8 Å². The molecule has 0 aliphatic carbocycles. The molecule has 6 heteroatoms. The van der Waals surface area contributed by atoms with E-state index in [1.54, 1.807) is 12.1 Å². The largest absolute Gasteiger partial charge is 0.430 e. The molecule has 0 aromatic heterocycles. The molecule has 2 rings (SSSR count). The highest BCUT2D eigenvalue weighted by Crippen LogP contribution is 2.52. The van der Waals surface area contributed by atoms with Gasteiger partial charge in [0, 0.05) is 4.90 Å². The van der Waals surface area contributed by atoms with Crippen LogP contribution in [0.25, 0.3) is 0 Å². The van der Waals surface area contributed by atoms with Crippen LogP contribution in [0, 0.1) is 0 Å². The Morgan fingerprint density at radius 1 is 1.38 bits per heavy atom. The lowest BCUT2D eigenvalue weighted by molar-refractivity contribution is 0.370. The summed E-state index contributed by atoms with van der Waals surface area (Å²) in [5.74, 6) is 0.323. The number of para-hydroxylation sites is 1. The molecule has 0 atom stereocenters. The second-order valence-corrected chi connectivity index (χ2v) is 5.15. The number of nitrogens with zero attached hydrogens (tertiary/aromatic N) is 1. The van der Waals surface area contributed by atoms with Gasteiger partial charge in [0.2, 0.25) is 0 Å². The molecule has 0 radical (unpaired) electrons. The van der Waals surface area contributed by atoms with Crippen LogP contribution in [-0.2, 0) is 4.57 Å². The Bertz CT molecular complexity index is 378. The molecule has 0 saturated carbocycles. The molecule has 0 amide bonds. The number of fused-ring (bicyclic) bond motifs is 1. The molecule has 0 bridgehead atoms. The van der Waals surface area contributed by atoms with Gasteiger partial charge in [-0.1, -0.05) is 12.1 Å². The van der Waals surface area contributed by atoms with E-state index in [-0.39, 0.29) is 0 Å². The van der Waals surface area contributed by atoms with E-state index in [4.69, 9.17) is 9.79 Å². The summed E-state index contributed by atoms with van der Waals surface area (Å²) >= 11 is 1.44. The molecule has 2 N–H and O–H groups in total. The van der Waals surface area contributed by atoms with Crippen LogP contribution in [0.4, 0.5) is 5.69 Å². The van der Waals surface area contributed by atoms with Crippen molar-refractivity contribution in [1.82, 2.24) is 0 Å². The van der Waals surface area contributed by atoms with Gasteiger partial charge in [-0.2, -0.15) is 0 Å². The van der Waals surface area contributed by atoms with Crippen molar-refractivity contribution in [2.45, 2.75) is 4.90 Å². The van der Waals surface area contributed by atoms with Crippen molar-refractivity contribution in [3.05, 3.63) is 24.3 Å². The summed E-state index contributed by atoms with van der Waals surface area (Å²) in [6.45, 7) is 0. The van der Waals surface area contributed by atoms with Crippen molar-refractivity contribution in [2.75, 3.05) is 10.5 Å². The Morgan fingerprint density at radius 2 is 2.08 bits per heavy atom. The summed E-state index contributed by atoms with van der Waals surface area (Å²) in [6.07, 6.45) is 0. The van der Waals surface area contributed by atoms with Crippen molar-refractivity contribution in [3.8, 4) is 0 Å². The molecule has 1 aromatic rings. The van der Waals surface area contributed by atoms with E-state index >= 15 is 0 Å². The zero-order valence-electron chi connectivity index (χ0n) is 6.62. The Morgan fingerprint density at radius 3 is 2.77 bits per heavy atom. The third-order valence-electron chi connectivity index (χ3n) is 1.80. The first-order valence-corrected chi connectivity index (χ1v) is 6.19. The van der Waals surface area contributed by atoms with Crippen LogP contribution in [0.5, 0.6) is 0 Å². The fourth-order valence-corrected chi connectivity index (χ4v) is 3.41. The smallest absolute Gasteiger partial charge is 0.308 e. The molecule has 0 saturated heterocycles. The zero-order chi connectivity index (χ0) is 9.47. The van der Waals surface area contributed by atoms with E-state index in [0.717, 1.165) is 9.57 Å². The minimum absolute atomic E-state index is 0.323. The van der Waals surface area contributed by atoms with Gasteiger partial charge >= 0.3 is 7.75 Å². The number of hydrogen-bond donors (Lipinski definition) is 2. The Hall–Kier alpha value is -0.480. The molecule has 70 valence electrons. The molecule has 0 fully saturated rings. The lowest BCUT2D eigenvalue weighted by Gasteiger charge is -2.18. The first-order chi connectivity index (χ1) is 6.09. The van der Waals surface area contributed by atoms with E-state index in [9.17, 15) is 4.57 Å². The maximum atomic E-state index is 11.0. The van der Waals surface area contributed by atoms with E-state index in [1.165, 1.54) is 11.8 Å². The van der Waals surface area contributed by atoms with Crippen LogP contribution in [0.2, 0.25) is 0 Å². The van der Waals surface area contributed by atoms with Crippen LogP contribution < -0.4 is 4.67 Å². The highest BCUT2D eigenvalue weighted by molar-refractivity contribution is 8.00. The molecule has 4 nitrogen and oxygen atoms in total. The van der Waals surface area contributed by atoms with Gasteiger partial charge in [-0.25, -0.2) is 4.57 Å². The Labute approximate surface area is 79.8 Å². The maximum Gasteiger partial charge on any atom is 0.430 e. The van der Waals surface area contributed by atoms with Gasteiger partial charge in [0.1, 0.15) is 0 Å². The standard InChI is InChI=1S/C7H8NO3PS/c9-12(10,11)8-5-13-7-4-2-1-3-6(7)8/h1-4H,5H2,(H2,9,10,11). The van der Waals surface area contributed by atoms with E-state index in [0.29, 0.717) is 11.6 Å². The molecule has 13 heavy (non-hydrogen) atoms. The van der Waals surface area contributed by atoms with Crippen LogP contribution in [0.15, 0.2) is 29.2 Å². The average Bonchev–Trinajstić information content (AvgIpc) is 2.45. The summed E-state index contributed by atoms with van der Waals surface area (Å²) in [5.41, 5.74) is 0.626. The van der Waals surface area contributed by atoms with Crippen molar-refractivity contribution < 1.29 is 14.4 Å². The first-order valence-electron chi connectivity index (χ1n) is 3.64. The van der Waals surface area contributed by atoms with Crippen molar-refractivity contribution in [3.63, 3.8) is 0 Å². The van der Waals surface area contributed by atoms with Crippen LogP contribution in [0.3, 0.4) is 0 Å². The molecule has 1 aliphatic heterocycles. The molecule has 0 spiro atoms. The fourth-order valence-electron chi connectivity index (χ4n) is 1.21. The second kappa shape index (κ2) is 3.03. The first kappa shape index (κ1) is 9.09. The Balaban J connectivity index is 2.45. The summed E-state index contributed by atoms with van der Waals surface area (Å²) in [7, 11) is -4.13. The molecular formula is C7H8NO3PS. The Kier molecular flexibility index (Phi) is 2.12. The third kappa shape index (κ3) is 1.60. The minimum Gasteiger partial charge on any atom is -0.308 e. The van der Waals surface area contributed by atoms with Gasteiger partial charge in [-0.3, -0.25) is 4.67 Å². The van der Waals surface area contributed by atoms with Crippen LogP contribution in [-0.4, -0.2) is 15.7 Å². The van der Waals surface area contributed by atoms with E-state index < -0.39 is 7.75 Å². The lowest BCUT2D eigenvalue weighted by Crippen LogP contribution is -2.14. The number of hydrogen-bond acceptors (Lipinski definition) is 2. The summed E-state index contributed by atoms with van der Waals surface area (Å²) in [4.78, 5) is 18.9. The van der Waals surface area contributed by atoms with Crippen LogP contribution >= 0.6 is 19.5 Å². The summed E-state index contributed by atoms with van der Waals surface area (Å²) in [5, 5.41) is 0. The van der Waals surface area contributed by atoms with Crippen molar-refractivity contribution >= 4 is 25.2 Å². The molecule has 1 aliphatic rings. The van der Waals surface area contributed by atoms with Gasteiger partial charge in [0.15, 0.2) is 0 Å². The molecule has 1 aromatic carbocycles. The summed E-state index contributed by atoms with van der Waals surface area (Å²) in [6, 6.07) is 7.20. The normalized spacial score (nSPS) is 16.0. The predicted octanol–water partition coefficient (Wildman–Crippen LogP) is 1.65. The zero-order valence-corrected chi connectivity index (χ0v) is 8.33. The average molecular weight is 217 g/mol. The third-order valence-corrected chi connectivity index (χ3v) is 4.02. The number of thioether (sulfide) groups is 1. The molecule has 1 heterocycles. The molecule has 0 unspecified atom stereocenters. The van der Waals surface area contributed by atoms with Gasteiger partial charge < -0.3 is 9.79 Å². The van der Waals surface area contributed by atoms with Crippen molar-refractivity contribution in [1.29, 1.82) is 0 Å². The number of anilines is 1. The fraction of sp³-hybridized carbons (Fsp3) is 0.143. The monoisotopic (exact) mass is 217 g/mol. The predicted molar refractivity (Wildman–Crippen MR) is 51.7 cm³/mol. The van der Waals surface area contributed by atoms with Gasteiger partial charge in [-0.05, 0) is 12.1 Å². The second-order valence-electron chi connectivity index (χ2n) is 2.65. The van der Waals surface area contributed by atoms with E-state index in [1.807, 2.05) is 12.1 Å². The highest BCUT2D eigenvalue weighted by atomic mass is 32.2. The van der Waals surface area contributed by atoms with E-state index in [2.05, 4.69) is 0 Å². The molecular weight excluding hydrogens is 209 g/mol. The number of rotatable bonds is 1. The SMILES string of the molecule is O=P(O)(O)N1CSc2ccccc21. The van der Waals surface area contributed by atoms with Gasteiger partial charge in [-0.15, -0.1) is 11.8 Å². The minimum atomic E-state index is -4.13. The van der Waals surface area contributed by atoms with Crippen LogP contribution in [0.1, 0.15) is 0 Å². The quantitative estimate of drug-likeness (QED) is 0.700. The number of benzene rings is 1. The van der Waals surface area contributed by atoms with Gasteiger partial charge in [0.05, 0.1) is 11.6 Å².